The van der Waals surface area contributed by atoms with Crippen molar-refractivity contribution in [3.05, 3.63) is 63.3 Å². The minimum atomic E-state index is -0.254. The van der Waals surface area contributed by atoms with Crippen LogP contribution in [-0.4, -0.2) is 66.1 Å². The lowest BCUT2D eigenvalue weighted by Gasteiger charge is -2.36. The number of carbonyl (C=O) groups is 1. The number of nitrogens with zero attached hydrogens (tertiary/aromatic N) is 4. The van der Waals surface area contributed by atoms with Crippen LogP contribution in [0.25, 0.3) is 0 Å². The van der Waals surface area contributed by atoms with Crippen LogP contribution >= 0.6 is 0 Å². The molecule has 2 aromatic rings. The molecular weight excluding hydrogens is 419 g/mol. The fourth-order valence-electron chi connectivity index (χ4n) is 5.14. The second-order valence-electron chi connectivity index (χ2n) is 9.13. The maximum atomic E-state index is 13.5. The van der Waals surface area contributed by atoms with Gasteiger partial charge in [-0.2, -0.15) is 0 Å². The smallest absolute Gasteiger partial charge is 0.259 e. The number of carbonyl (C=O) groups excluding carboxylic acids is 1. The number of piperidine rings is 1. The van der Waals surface area contributed by atoms with Crippen LogP contribution in [0.3, 0.4) is 0 Å². The number of aryl methyl sites for hydroxylation is 1. The van der Waals surface area contributed by atoms with Gasteiger partial charge in [-0.15, -0.1) is 0 Å². The minimum Gasteiger partial charge on any atom is -0.368 e. The monoisotopic (exact) mass is 454 g/mol. The molecule has 0 aliphatic carbocycles. The van der Waals surface area contributed by atoms with Gasteiger partial charge in [0.1, 0.15) is 11.4 Å². The van der Waals surface area contributed by atoms with Crippen LogP contribution in [0.2, 0.25) is 0 Å². The number of halogens is 1. The third-order valence-corrected chi connectivity index (χ3v) is 7.02. The topological polar surface area (TPSA) is 48.8 Å². The third-order valence-electron chi connectivity index (χ3n) is 7.02. The van der Waals surface area contributed by atoms with E-state index in [1.807, 2.05) is 13.8 Å². The molecule has 2 fully saturated rings. The fourth-order valence-corrected chi connectivity index (χ4v) is 5.14. The summed E-state index contributed by atoms with van der Waals surface area (Å²) >= 11 is 0. The van der Waals surface area contributed by atoms with Gasteiger partial charge in [0.25, 0.3) is 5.91 Å². The van der Waals surface area contributed by atoms with Gasteiger partial charge in [0.05, 0.1) is 0 Å². The summed E-state index contributed by atoms with van der Waals surface area (Å²) in [5, 5.41) is 0. The maximum Gasteiger partial charge on any atom is 0.259 e. The van der Waals surface area contributed by atoms with Gasteiger partial charge in [-0.05, 0) is 63.5 Å². The predicted octanol–water partition coefficient (Wildman–Crippen LogP) is 3.31. The van der Waals surface area contributed by atoms with Gasteiger partial charge in [-0.1, -0.05) is 13.3 Å². The van der Waals surface area contributed by atoms with Gasteiger partial charge in [0, 0.05) is 62.4 Å². The van der Waals surface area contributed by atoms with E-state index in [2.05, 4.69) is 14.4 Å². The molecule has 0 spiro atoms. The lowest BCUT2D eigenvalue weighted by molar-refractivity contribution is 0.0743. The zero-order chi connectivity index (χ0) is 23.4. The lowest BCUT2D eigenvalue weighted by atomic mass is 10.1. The first-order valence-corrected chi connectivity index (χ1v) is 12.2. The Balaban J connectivity index is 1.49. The number of likely N-dealkylation sites (tertiary alicyclic amines) is 1. The number of anilines is 1. The highest BCUT2D eigenvalue weighted by Crippen LogP contribution is 2.19. The summed E-state index contributed by atoms with van der Waals surface area (Å²) in [6.45, 7) is 10.4. The number of aromatic nitrogens is 1. The zero-order valence-corrected chi connectivity index (χ0v) is 19.9. The fraction of sp³-hybridized carbons (Fsp3) is 0.538. The van der Waals surface area contributed by atoms with E-state index in [0.717, 1.165) is 43.3 Å². The summed E-state index contributed by atoms with van der Waals surface area (Å²) in [5.74, 6) is -0.419. The Morgan fingerprint density at radius 3 is 2.24 bits per heavy atom. The zero-order valence-electron chi connectivity index (χ0n) is 19.9. The molecule has 0 atom stereocenters. The molecule has 1 aromatic heterocycles. The Bertz CT molecular complexity index is 1020. The first kappa shape index (κ1) is 23.5. The normalized spacial score (nSPS) is 17.4. The lowest BCUT2D eigenvalue weighted by Crippen LogP contribution is -2.50. The van der Waals surface area contributed by atoms with Gasteiger partial charge in [-0.25, -0.2) is 4.39 Å². The van der Waals surface area contributed by atoms with Gasteiger partial charge < -0.3 is 19.3 Å². The van der Waals surface area contributed by atoms with E-state index in [1.165, 1.54) is 31.4 Å². The first-order chi connectivity index (χ1) is 16.0. The molecule has 7 heteroatoms. The van der Waals surface area contributed by atoms with E-state index in [0.29, 0.717) is 38.2 Å². The van der Waals surface area contributed by atoms with E-state index < -0.39 is 0 Å². The van der Waals surface area contributed by atoms with E-state index in [9.17, 15) is 14.0 Å². The van der Waals surface area contributed by atoms with E-state index in [4.69, 9.17) is 0 Å². The van der Waals surface area contributed by atoms with Crippen molar-refractivity contribution in [2.75, 3.05) is 50.7 Å². The van der Waals surface area contributed by atoms with Crippen molar-refractivity contribution in [2.24, 2.45) is 0 Å². The Morgan fingerprint density at radius 2 is 1.61 bits per heavy atom. The molecular formula is C26H35FN4O2. The highest BCUT2D eigenvalue weighted by Gasteiger charge is 2.27. The van der Waals surface area contributed by atoms with Crippen LogP contribution in [0.4, 0.5) is 10.1 Å². The number of piperazine rings is 1. The molecule has 1 amide bonds. The summed E-state index contributed by atoms with van der Waals surface area (Å²) in [4.78, 5) is 32.9. The summed E-state index contributed by atoms with van der Waals surface area (Å²) < 4.78 is 15.4. The quantitative estimate of drug-likeness (QED) is 0.672. The largest absolute Gasteiger partial charge is 0.368 e. The Labute approximate surface area is 195 Å². The number of amides is 1. The SMILES string of the molecule is CCc1c(C(=O)N2CCN(c3ccc(F)cc3)CC2)c(=O)cc(C)n1CCN1CCCCC1. The van der Waals surface area contributed by atoms with Crippen molar-refractivity contribution in [1.29, 1.82) is 0 Å². The van der Waals surface area contributed by atoms with E-state index >= 15 is 0 Å². The van der Waals surface area contributed by atoms with Gasteiger partial charge >= 0.3 is 0 Å². The molecule has 3 heterocycles. The summed E-state index contributed by atoms with van der Waals surface area (Å²) in [6.07, 6.45) is 4.45. The van der Waals surface area contributed by atoms with Crippen LogP contribution in [0.15, 0.2) is 35.1 Å². The average Bonchev–Trinajstić information content (AvgIpc) is 2.84. The molecule has 0 radical (unpaired) electrons. The molecule has 0 unspecified atom stereocenters. The second kappa shape index (κ2) is 10.5. The number of pyridine rings is 1. The van der Waals surface area contributed by atoms with Crippen molar-refractivity contribution in [2.45, 2.75) is 46.1 Å². The van der Waals surface area contributed by atoms with Crippen molar-refractivity contribution in [1.82, 2.24) is 14.4 Å². The van der Waals surface area contributed by atoms with Crippen molar-refractivity contribution >= 4 is 11.6 Å². The molecule has 2 aliphatic heterocycles. The van der Waals surface area contributed by atoms with Crippen LogP contribution in [0.1, 0.15) is 47.9 Å². The van der Waals surface area contributed by atoms with Gasteiger partial charge in [0.15, 0.2) is 5.43 Å². The van der Waals surface area contributed by atoms with E-state index in [1.54, 1.807) is 23.1 Å². The molecule has 1 aromatic carbocycles. The molecule has 33 heavy (non-hydrogen) atoms. The maximum absolute atomic E-state index is 13.5. The number of rotatable bonds is 6. The highest BCUT2D eigenvalue weighted by molar-refractivity contribution is 5.95. The number of hydrogen-bond acceptors (Lipinski definition) is 4. The molecule has 2 saturated heterocycles. The summed E-state index contributed by atoms with van der Waals surface area (Å²) in [5.41, 5.74) is 2.88. The van der Waals surface area contributed by atoms with Crippen LogP contribution in [-0.2, 0) is 13.0 Å². The van der Waals surface area contributed by atoms with Crippen molar-refractivity contribution < 1.29 is 9.18 Å². The van der Waals surface area contributed by atoms with E-state index in [-0.39, 0.29) is 17.2 Å². The van der Waals surface area contributed by atoms with Crippen LogP contribution in [0.5, 0.6) is 0 Å². The average molecular weight is 455 g/mol. The molecule has 0 bridgehead atoms. The molecule has 178 valence electrons. The third kappa shape index (κ3) is 5.29. The van der Waals surface area contributed by atoms with Crippen molar-refractivity contribution in [3.8, 4) is 0 Å². The molecule has 4 rings (SSSR count). The summed E-state index contributed by atoms with van der Waals surface area (Å²) in [7, 11) is 0. The Hall–Kier alpha value is -2.67. The van der Waals surface area contributed by atoms with Crippen LogP contribution in [0, 0.1) is 12.7 Å². The highest BCUT2D eigenvalue weighted by atomic mass is 19.1. The Morgan fingerprint density at radius 1 is 0.939 bits per heavy atom. The van der Waals surface area contributed by atoms with Gasteiger partial charge in [-0.3, -0.25) is 9.59 Å². The first-order valence-electron chi connectivity index (χ1n) is 12.2. The minimum absolute atomic E-state index is 0.165. The van der Waals surface area contributed by atoms with Crippen LogP contribution < -0.4 is 10.3 Å². The Kier molecular flexibility index (Phi) is 7.48. The second-order valence-corrected chi connectivity index (χ2v) is 9.13. The molecule has 0 saturated carbocycles. The summed E-state index contributed by atoms with van der Waals surface area (Å²) in [6, 6.07) is 8.07. The number of hydrogen-bond donors (Lipinski definition) is 0. The standard InChI is InChI=1S/C26H35FN4O2/c1-3-23-25(24(32)19-20(2)31(23)18-13-28-11-5-4-6-12-28)26(33)30-16-14-29(15-17-30)22-9-7-21(27)8-10-22/h7-10,19H,3-6,11-18H2,1-2H3. The molecule has 2 aliphatic rings. The predicted molar refractivity (Wildman–Crippen MR) is 130 cm³/mol. The molecule has 0 N–H and O–H groups in total. The molecule has 6 nitrogen and oxygen atoms in total. The van der Waals surface area contributed by atoms with Gasteiger partial charge in [0.2, 0.25) is 0 Å². The number of benzene rings is 1. The van der Waals surface area contributed by atoms with Crippen molar-refractivity contribution in [3.63, 3.8) is 0 Å².